The second kappa shape index (κ2) is 8.10. The summed E-state index contributed by atoms with van der Waals surface area (Å²) in [4.78, 5) is 17.4. The van der Waals surface area contributed by atoms with Gasteiger partial charge >= 0.3 is 0 Å². The number of aromatic nitrogens is 1. The Morgan fingerprint density at radius 1 is 1.15 bits per heavy atom. The molecule has 0 atom stereocenters. The van der Waals surface area contributed by atoms with Crippen molar-refractivity contribution in [1.82, 2.24) is 4.98 Å². The highest BCUT2D eigenvalue weighted by Gasteiger charge is 2.08. The van der Waals surface area contributed by atoms with Crippen molar-refractivity contribution in [3.8, 4) is 0 Å². The molecule has 6 heteroatoms. The van der Waals surface area contributed by atoms with Crippen LogP contribution in [0.4, 0.5) is 15.2 Å². The highest BCUT2D eigenvalue weighted by molar-refractivity contribution is 7.15. The maximum Gasteiger partial charge on any atom is 0.245 e. The van der Waals surface area contributed by atoms with Crippen LogP contribution in [-0.4, -0.2) is 17.4 Å². The van der Waals surface area contributed by atoms with E-state index in [9.17, 15) is 9.18 Å². The molecule has 4 nitrogen and oxygen atoms in total. The van der Waals surface area contributed by atoms with Gasteiger partial charge < -0.3 is 10.6 Å². The first kappa shape index (κ1) is 18.1. The largest absolute Gasteiger partial charge is 0.376 e. The number of hydrogen-bond donors (Lipinski definition) is 2. The summed E-state index contributed by atoms with van der Waals surface area (Å²) in [5.41, 5.74) is 4.20. The number of rotatable bonds is 6. The van der Waals surface area contributed by atoms with Crippen molar-refractivity contribution in [2.24, 2.45) is 0 Å². The number of halogens is 1. The van der Waals surface area contributed by atoms with Gasteiger partial charge in [0.25, 0.3) is 0 Å². The summed E-state index contributed by atoms with van der Waals surface area (Å²) in [5, 5.41) is 6.53. The zero-order valence-electron chi connectivity index (χ0n) is 14.7. The smallest absolute Gasteiger partial charge is 0.245 e. The lowest BCUT2D eigenvalue weighted by molar-refractivity contribution is -0.114. The predicted molar refractivity (Wildman–Crippen MR) is 104 cm³/mol. The van der Waals surface area contributed by atoms with Crippen LogP contribution in [0.3, 0.4) is 0 Å². The molecule has 0 unspecified atom stereocenters. The van der Waals surface area contributed by atoms with Crippen LogP contribution in [0.2, 0.25) is 0 Å². The Kier molecular flexibility index (Phi) is 5.63. The molecule has 0 spiro atoms. The number of amides is 1. The number of carbonyl (C=O) groups excluding carboxylic acids is 1. The second-order valence-corrected chi connectivity index (χ2v) is 7.27. The number of aryl methyl sites for hydroxylation is 2. The normalized spacial score (nSPS) is 10.6. The molecule has 0 saturated carbocycles. The van der Waals surface area contributed by atoms with Gasteiger partial charge in [0, 0.05) is 23.2 Å². The molecule has 2 aromatic carbocycles. The molecular weight excluding hydrogens is 349 g/mol. The zero-order valence-corrected chi connectivity index (χ0v) is 15.5. The van der Waals surface area contributed by atoms with Gasteiger partial charge in [-0.05, 0) is 48.7 Å². The van der Waals surface area contributed by atoms with E-state index < -0.39 is 0 Å². The number of benzene rings is 2. The van der Waals surface area contributed by atoms with Crippen molar-refractivity contribution in [1.29, 1.82) is 0 Å². The minimum atomic E-state index is -0.248. The second-order valence-electron chi connectivity index (χ2n) is 6.16. The molecule has 0 fully saturated rings. The topological polar surface area (TPSA) is 54.0 Å². The first-order valence-corrected chi connectivity index (χ1v) is 9.11. The molecule has 2 N–H and O–H groups in total. The molecule has 0 aliphatic carbocycles. The van der Waals surface area contributed by atoms with Crippen LogP contribution in [0, 0.1) is 19.7 Å². The number of anilines is 2. The van der Waals surface area contributed by atoms with Gasteiger partial charge in [0.15, 0.2) is 5.13 Å². The maximum absolute atomic E-state index is 13.0. The molecule has 0 radical (unpaired) electrons. The van der Waals surface area contributed by atoms with E-state index in [2.05, 4.69) is 15.6 Å². The minimum Gasteiger partial charge on any atom is -0.376 e. The summed E-state index contributed by atoms with van der Waals surface area (Å²) < 4.78 is 13.0. The van der Waals surface area contributed by atoms with Crippen LogP contribution in [0.1, 0.15) is 21.6 Å². The molecule has 0 aliphatic heterocycles. The molecule has 0 aliphatic rings. The molecule has 3 rings (SSSR count). The average molecular weight is 369 g/mol. The first-order chi connectivity index (χ1) is 12.5. The number of hydrogen-bond acceptors (Lipinski definition) is 4. The Morgan fingerprint density at radius 2 is 1.92 bits per heavy atom. The lowest BCUT2D eigenvalue weighted by atomic mass is 10.1. The van der Waals surface area contributed by atoms with Crippen molar-refractivity contribution in [2.45, 2.75) is 20.3 Å². The molecular formula is C20H20FN3OS. The highest BCUT2D eigenvalue weighted by atomic mass is 32.1. The Balaban J connectivity index is 1.54. The molecule has 3 aromatic rings. The summed E-state index contributed by atoms with van der Waals surface area (Å²) in [7, 11) is 0. The zero-order chi connectivity index (χ0) is 18.5. The molecule has 0 bridgehead atoms. The lowest BCUT2D eigenvalue weighted by Gasteiger charge is -2.10. The third-order valence-corrected chi connectivity index (χ3v) is 4.84. The molecule has 1 aromatic heterocycles. The molecule has 0 saturated heterocycles. The van der Waals surface area contributed by atoms with Gasteiger partial charge in [0.05, 0.1) is 6.54 Å². The van der Waals surface area contributed by atoms with Gasteiger partial charge in [-0.25, -0.2) is 9.37 Å². The van der Waals surface area contributed by atoms with E-state index in [0.29, 0.717) is 11.6 Å². The van der Waals surface area contributed by atoms with Gasteiger partial charge in [-0.1, -0.05) is 24.3 Å². The van der Waals surface area contributed by atoms with Crippen LogP contribution in [-0.2, 0) is 11.2 Å². The number of carbonyl (C=O) groups is 1. The van der Waals surface area contributed by atoms with Crippen molar-refractivity contribution in [3.05, 3.63) is 76.0 Å². The fourth-order valence-corrected chi connectivity index (χ4v) is 3.38. The van der Waals surface area contributed by atoms with Crippen LogP contribution in [0.15, 0.2) is 48.7 Å². The van der Waals surface area contributed by atoms with Crippen LogP contribution in [0.5, 0.6) is 0 Å². The number of nitrogens with zero attached hydrogens (tertiary/aromatic N) is 1. The standard InChI is InChI=1S/C20H20FN3OS/c1-13-3-4-14(2)18(9-13)22-12-19(25)24-20-23-11-17(26-20)10-15-5-7-16(21)8-6-15/h3-9,11,22H,10,12H2,1-2H3,(H,23,24,25). The van der Waals surface area contributed by atoms with Crippen LogP contribution in [0.25, 0.3) is 0 Å². The molecule has 26 heavy (non-hydrogen) atoms. The van der Waals surface area contributed by atoms with Gasteiger partial charge in [0.1, 0.15) is 5.82 Å². The van der Waals surface area contributed by atoms with E-state index in [0.717, 1.165) is 27.3 Å². The Labute approximate surface area is 156 Å². The van der Waals surface area contributed by atoms with E-state index in [1.165, 1.54) is 23.5 Å². The molecule has 134 valence electrons. The first-order valence-electron chi connectivity index (χ1n) is 8.30. The quantitative estimate of drug-likeness (QED) is 0.671. The summed E-state index contributed by atoms with van der Waals surface area (Å²) in [5.74, 6) is -0.393. The van der Waals surface area contributed by atoms with Crippen LogP contribution < -0.4 is 10.6 Å². The van der Waals surface area contributed by atoms with Crippen molar-refractivity contribution in [2.75, 3.05) is 17.2 Å². The monoisotopic (exact) mass is 369 g/mol. The molecule has 1 amide bonds. The average Bonchev–Trinajstić information content (AvgIpc) is 3.04. The van der Waals surface area contributed by atoms with Crippen molar-refractivity contribution < 1.29 is 9.18 Å². The van der Waals surface area contributed by atoms with Gasteiger partial charge in [-0.15, -0.1) is 11.3 Å². The molecule has 1 heterocycles. The van der Waals surface area contributed by atoms with Gasteiger partial charge in [0.2, 0.25) is 5.91 Å². The Morgan fingerprint density at radius 3 is 2.69 bits per heavy atom. The summed E-state index contributed by atoms with van der Waals surface area (Å²) in [6.45, 7) is 4.20. The Hall–Kier alpha value is -2.73. The summed E-state index contributed by atoms with van der Waals surface area (Å²) >= 11 is 1.42. The van der Waals surface area contributed by atoms with Gasteiger partial charge in [-0.3, -0.25) is 4.79 Å². The maximum atomic E-state index is 13.0. The predicted octanol–water partition coefficient (Wildman–Crippen LogP) is 4.54. The number of nitrogens with one attached hydrogen (secondary N) is 2. The van der Waals surface area contributed by atoms with E-state index in [4.69, 9.17) is 0 Å². The summed E-state index contributed by atoms with van der Waals surface area (Å²) in [6, 6.07) is 12.5. The third kappa shape index (κ3) is 4.89. The van der Waals surface area contributed by atoms with E-state index >= 15 is 0 Å². The SMILES string of the molecule is Cc1ccc(C)c(NCC(=O)Nc2ncc(Cc3ccc(F)cc3)s2)c1. The highest BCUT2D eigenvalue weighted by Crippen LogP contribution is 2.21. The Bertz CT molecular complexity index is 906. The lowest BCUT2D eigenvalue weighted by Crippen LogP contribution is -2.22. The van der Waals surface area contributed by atoms with E-state index in [-0.39, 0.29) is 18.3 Å². The van der Waals surface area contributed by atoms with E-state index in [1.807, 2.05) is 32.0 Å². The van der Waals surface area contributed by atoms with Crippen molar-refractivity contribution >= 4 is 28.1 Å². The van der Waals surface area contributed by atoms with E-state index in [1.54, 1.807) is 18.3 Å². The van der Waals surface area contributed by atoms with Crippen molar-refractivity contribution in [3.63, 3.8) is 0 Å². The third-order valence-electron chi connectivity index (χ3n) is 3.92. The minimum absolute atomic E-state index is 0.145. The fourth-order valence-electron chi connectivity index (χ4n) is 2.52. The summed E-state index contributed by atoms with van der Waals surface area (Å²) in [6.07, 6.45) is 2.40. The number of thiazole rings is 1. The van der Waals surface area contributed by atoms with Crippen LogP contribution >= 0.6 is 11.3 Å². The fraction of sp³-hybridized carbons (Fsp3) is 0.200. The van der Waals surface area contributed by atoms with Gasteiger partial charge in [-0.2, -0.15) is 0 Å².